The molecule has 22 heavy (non-hydrogen) atoms. The second kappa shape index (κ2) is 4.44. The summed E-state index contributed by atoms with van der Waals surface area (Å²) in [5.74, 6) is 0.903. The minimum Gasteiger partial charge on any atom is -0.423 e. The van der Waals surface area contributed by atoms with Crippen LogP contribution < -0.4 is 5.46 Å². The SMILES string of the molecule is O=C(c1ccc2c(c1)B(O)OC2)N1CC2C3C=CC(O3)C2C1. The molecule has 6 heteroatoms. The summed E-state index contributed by atoms with van der Waals surface area (Å²) >= 11 is 0. The first-order valence-corrected chi connectivity index (χ1v) is 7.76. The highest BCUT2D eigenvalue weighted by Crippen LogP contribution is 2.43. The largest absolute Gasteiger partial charge is 0.491 e. The van der Waals surface area contributed by atoms with Crippen molar-refractivity contribution in [1.29, 1.82) is 0 Å². The van der Waals surface area contributed by atoms with Gasteiger partial charge in [-0.1, -0.05) is 18.2 Å². The second-order valence-electron chi connectivity index (χ2n) is 6.57. The van der Waals surface area contributed by atoms with Crippen molar-refractivity contribution in [1.82, 2.24) is 4.90 Å². The summed E-state index contributed by atoms with van der Waals surface area (Å²) in [6.07, 6.45) is 4.62. The fraction of sp³-hybridized carbons (Fsp3) is 0.438. The van der Waals surface area contributed by atoms with Crippen LogP contribution >= 0.6 is 0 Å². The predicted molar refractivity (Wildman–Crippen MR) is 79.5 cm³/mol. The molecule has 0 aromatic heterocycles. The van der Waals surface area contributed by atoms with Crippen LogP contribution in [0.15, 0.2) is 30.4 Å². The maximum absolute atomic E-state index is 12.8. The third-order valence-corrected chi connectivity index (χ3v) is 5.40. The van der Waals surface area contributed by atoms with Crippen LogP contribution in [0.5, 0.6) is 0 Å². The highest BCUT2D eigenvalue weighted by molar-refractivity contribution is 6.61. The quantitative estimate of drug-likeness (QED) is 0.582. The molecule has 5 rings (SSSR count). The van der Waals surface area contributed by atoms with Gasteiger partial charge in [-0.3, -0.25) is 4.79 Å². The lowest BCUT2D eigenvalue weighted by Crippen LogP contribution is -2.34. The van der Waals surface area contributed by atoms with Gasteiger partial charge in [0.05, 0.1) is 18.8 Å². The lowest BCUT2D eigenvalue weighted by Gasteiger charge is -2.19. The zero-order chi connectivity index (χ0) is 14.8. The minimum absolute atomic E-state index is 0.0377. The van der Waals surface area contributed by atoms with E-state index in [9.17, 15) is 9.82 Å². The Morgan fingerprint density at radius 3 is 2.68 bits per heavy atom. The average Bonchev–Trinajstić information content (AvgIpc) is 3.27. The van der Waals surface area contributed by atoms with E-state index in [2.05, 4.69) is 12.2 Å². The molecule has 112 valence electrons. The minimum atomic E-state index is -0.908. The monoisotopic (exact) mass is 297 g/mol. The number of likely N-dealkylation sites (tertiary alicyclic amines) is 1. The molecule has 0 spiro atoms. The van der Waals surface area contributed by atoms with E-state index in [-0.39, 0.29) is 18.1 Å². The summed E-state index contributed by atoms with van der Waals surface area (Å²) in [5, 5.41) is 9.79. The Labute approximate surface area is 128 Å². The Morgan fingerprint density at radius 1 is 1.23 bits per heavy atom. The first-order chi connectivity index (χ1) is 10.7. The van der Waals surface area contributed by atoms with E-state index in [0.29, 0.717) is 24.0 Å². The number of hydrogen-bond donors (Lipinski definition) is 1. The normalized spacial score (nSPS) is 34.4. The average molecular weight is 297 g/mol. The first kappa shape index (κ1) is 12.9. The Hall–Kier alpha value is -1.63. The Balaban J connectivity index is 1.39. The van der Waals surface area contributed by atoms with Crippen molar-refractivity contribution in [2.75, 3.05) is 13.1 Å². The van der Waals surface area contributed by atoms with E-state index in [1.807, 2.05) is 17.0 Å². The molecule has 4 atom stereocenters. The van der Waals surface area contributed by atoms with E-state index in [1.165, 1.54) is 0 Å². The fourth-order valence-electron chi connectivity index (χ4n) is 4.22. The van der Waals surface area contributed by atoms with Gasteiger partial charge in [0.1, 0.15) is 0 Å². The second-order valence-corrected chi connectivity index (χ2v) is 6.57. The highest BCUT2D eigenvalue weighted by atomic mass is 16.5. The Morgan fingerprint density at radius 2 is 1.95 bits per heavy atom. The number of fused-ring (bicyclic) bond motifs is 6. The van der Waals surface area contributed by atoms with Crippen molar-refractivity contribution in [2.45, 2.75) is 18.8 Å². The molecule has 0 saturated carbocycles. The Bertz CT molecular complexity index is 671. The molecule has 1 aromatic rings. The smallest absolute Gasteiger partial charge is 0.423 e. The van der Waals surface area contributed by atoms with Crippen LogP contribution in [0.3, 0.4) is 0 Å². The third-order valence-electron chi connectivity index (χ3n) is 5.40. The molecule has 0 aliphatic carbocycles. The van der Waals surface area contributed by atoms with E-state index in [4.69, 9.17) is 9.39 Å². The van der Waals surface area contributed by atoms with Gasteiger partial charge in [-0.2, -0.15) is 0 Å². The number of hydrogen-bond acceptors (Lipinski definition) is 4. The summed E-state index contributed by atoms with van der Waals surface area (Å²) in [4.78, 5) is 14.7. The molecule has 1 N–H and O–H groups in total. The molecule has 5 nitrogen and oxygen atoms in total. The molecular weight excluding hydrogens is 281 g/mol. The molecule has 2 saturated heterocycles. The van der Waals surface area contributed by atoms with Crippen molar-refractivity contribution in [2.24, 2.45) is 11.8 Å². The standard InChI is InChI=1S/C16H16BNO4/c19-16(9-1-2-10-8-21-17(20)13(10)5-9)18-6-11-12(7-18)15-4-3-14(11)22-15/h1-5,11-12,14-15,20H,6-8H2. The molecular formula is C16H16BNO4. The molecule has 1 amide bonds. The van der Waals surface area contributed by atoms with Crippen LogP contribution in [0, 0.1) is 11.8 Å². The van der Waals surface area contributed by atoms with Crippen molar-refractivity contribution in [3.63, 3.8) is 0 Å². The summed E-state index contributed by atoms with van der Waals surface area (Å²) in [5.41, 5.74) is 2.30. The topological polar surface area (TPSA) is 59.0 Å². The Kier molecular flexibility index (Phi) is 2.60. The molecule has 1 aromatic carbocycles. The van der Waals surface area contributed by atoms with E-state index in [1.54, 1.807) is 6.07 Å². The van der Waals surface area contributed by atoms with Gasteiger partial charge >= 0.3 is 7.12 Å². The van der Waals surface area contributed by atoms with Gasteiger partial charge in [0.25, 0.3) is 5.91 Å². The number of carbonyl (C=O) groups is 1. The molecule has 0 radical (unpaired) electrons. The lowest BCUT2D eigenvalue weighted by atomic mass is 9.78. The predicted octanol–water partition coefficient (Wildman–Crippen LogP) is -0.0703. The first-order valence-electron chi connectivity index (χ1n) is 7.76. The van der Waals surface area contributed by atoms with Crippen molar-refractivity contribution in [3.05, 3.63) is 41.5 Å². The van der Waals surface area contributed by atoms with Gasteiger partial charge in [-0.05, 0) is 23.2 Å². The summed E-state index contributed by atoms with van der Waals surface area (Å²) in [6.45, 7) is 1.92. The van der Waals surface area contributed by atoms with Crippen LogP contribution in [0.2, 0.25) is 0 Å². The fourth-order valence-corrected chi connectivity index (χ4v) is 4.22. The number of nitrogens with zero attached hydrogens (tertiary/aromatic N) is 1. The lowest BCUT2D eigenvalue weighted by molar-refractivity contribution is 0.0656. The van der Waals surface area contributed by atoms with Gasteiger partial charge in [-0.25, -0.2) is 0 Å². The number of benzene rings is 1. The van der Waals surface area contributed by atoms with Gasteiger partial charge in [0.15, 0.2) is 0 Å². The highest BCUT2D eigenvalue weighted by Gasteiger charge is 2.51. The van der Waals surface area contributed by atoms with Gasteiger partial charge in [0, 0.05) is 30.5 Å². The molecule has 2 bridgehead atoms. The number of carbonyl (C=O) groups excluding carboxylic acids is 1. The van der Waals surface area contributed by atoms with Gasteiger partial charge in [0.2, 0.25) is 0 Å². The summed E-state index contributed by atoms with van der Waals surface area (Å²) < 4.78 is 11.0. The molecule has 2 fully saturated rings. The van der Waals surface area contributed by atoms with Crippen molar-refractivity contribution >= 4 is 18.5 Å². The maximum atomic E-state index is 12.8. The van der Waals surface area contributed by atoms with Crippen molar-refractivity contribution < 1.29 is 19.2 Å². The number of ether oxygens (including phenoxy) is 1. The van der Waals surface area contributed by atoms with Crippen LogP contribution in [0.1, 0.15) is 15.9 Å². The zero-order valence-corrected chi connectivity index (χ0v) is 12.0. The zero-order valence-electron chi connectivity index (χ0n) is 12.0. The number of rotatable bonds is 1. The van der Waals surface area contributed by atoms with Crippen LogP contribution in [-0.4, -0.2) is 48.2 Å². The summed E-state index contributed by atoms with van der Waals surface area (Å²) in [7, 11) is -0.908. The van der Waals surface area contributed by atoms with Gasteiger partial charge in [-0.15, -0.1) is 0 Å². The van der Waals surface area contributed by atoms with E-state index < -0.39 is 7.12 Å². The summed E-state index contributed by atoms with van der Waals surface area (Å²) in [6, 6.07) is 5.48. The maximum Gasteiger partial charge on any atom is 0.491 e. The van der Waals surface area contributed by atoms with Crippen LogP contribution in [0.4, 0.5) is 0 Å². The molecule has 4 heterocycles. The van der Waals surface area contributed by atoms with Crippen LogP contribution in [0.25, 0.3) is 0 Å². The number of amides is 1. The van der Waals surface area contributed by atoms with Crippen LogP contribution in [-0.2, 0) is 16.0 Å². The molecule has 4 aliphatic heterocycles. The van der Waals surface area contributed by atoms with Gasteiger partial charge < -0.3 is 19.3 Å². The van der Waals surface area contributed by atoms with E-state index in [0.717, 1.165) is 24.1 Å². The van der Waals surface area contributed by atoms with Crippen molar-refractivity contribution in [3.8, 4) is 0 Å². The third kappa shape index (κ3) is 1.69. The molecule has 4 unspecified atom stereocenters. The molecule has 4 aliphatic rings. The van der Waals surface area contributed by atoms with E-state index >= 15 is 0 Å².